The number of aliphatic hydroxyl groups is 3. The van der Waals surface area contributed by atoms with Crippen molar-refractivity contribution in [3.05, 3.63) is 72.9 Å². The van der Waals surface area contributed by atoms with E-state index in [-0.39, 0.29) is 12.8 Å². The largest absolute Gasteiger partial charge is 0.472 e. The highest BCUT2D eigenvalue weighted by molar-refractivity contribution is 7.47. The molecule has 0 aromatic heterocycles. The van der Waals surface area contributed by atoms with E-state index in [0.29, 0.717) is 19.3 Å². The monoisotopic (exact) mass is 811 g/mol. The number of ether oxygens (including phenoxy) is 2. The first-order chi connectivity index (χ1) is 27.1. The Bertz CT molecular complexity index is 1180. The number of phosphoric acid groups is 1. The van der Waals surface area contributed by atoms with E-state index >= 15 is 0 Å². The second-order valence-corrected chi connectivity index (χ2v) is 15.3. The summed E-state index contributed by atoms with van der Waals surface area (Å²) in [4.78, 5) is 35.0. The zero-order valence-electron chi connectivity index (χ0n) is 34.4. The maximum absolute atomic E-state index is 12.6. The van der Waals surface area contributed by atoms with Gasteiger partial charge in [0.1, 0.15) is 12.7 Å². The van der Waals surface area contributed by atoms with Gasteiger partial charge >= 0.3 is 19.8 Å². The highest BCUT2D eigenvalue weighted by Crippen LogP contribution is 2.43. The van der Waals surface area contributed by atoms with Crippen LogP contribution in [0.15, 0.2) is 72.9 Å². The molecule has 11 nitrogen and oxygen atoms in total. The molecule has 0 aliphatic heterocycles. The molecular weight excluding hydrogens is 735 g/mol. The highest BCUT2D eigenvalue weighted by Gasteiger charge is 2.27. The molecular formula is C44H75O11P. The summed E-state index contributed by atoms with van der Waals surface area (Å²) in [5, 5.41) is 28.6. The normalized spacial score (nSPS) is 15.2. The molecule has 4 N–H and O–H groups in total. The van der Waals surface area contributed by atoms with E-state index in [1.807, 2.05) is 12.2 Å². The van der Waals surface area contributed by atoms with Gasteiger partial charge in [-0.25, -0.2) is 4.57 Å². The van der Waals surface area contributed by atoms with E-state index in [2.05, 4.69) is 67.0 Å². The van der Waals surface area contributed by atoms with E-state index in [1.165, 1.54) is 51.4 Å². The smallest absolute Gasteiger partial charge is 0.462 e. The minimum Gasteiger partial charge on any atom is -0.462 e. The molecule has 0 saturated carbocycles. The van der Waals surface area contributed by atoms with Crippen LogP contribution in [-0.4, -0.2) is 76.9 Å². The molecule has 0 saturated heterocycles. The van der Waals surface area contributed by atoms with Gasteiger partial charge in [0.15, 0.2) is 6.10 Å². The molecule has 4 atom stereocenters. The third-order valence-electron chi connectivity index (χ3n) is 8.45. The standard InChI is InChI=1S/C44H75O11P/c1-3-5-7-9-11-13-15-17-18-20-22-24-26-28-30-34-43(48)52-38-42(39-54-56(50,51)53-37-41(47)36-45)55-44(49)35-31-33-40(46)32-29-27-25-23-21-19-16-14-12-10-8-6-4-2/h6,8,12-15,19,21,25,27,29,32,40-42,45-47H,3-5,7,9-11,16-18,20,22-24,26,28,30-31,33-39H2,1-2H3,(H,50,51)/b8-6-,14-12-,15-13-,21-19-,27-25-,32-29+/t40?,41-,42+/m0/s1. The van der Waals surface area contributed by atoms with E-state index < -0.39 is 64.5 Å². The van der Waals surface area contributed by atoms with Gasteiger partial charge in [-0.1, -0.05) is 138 Å². The van der Waals surface area contributed by atoms with Crippen molar-refractivity contribution < 1.29 is 52.9 Å². The SMILES string of the molecule is CC/C=C\C/C=C\C/C=C\C/C=C\C=C\C(O)CCCC(=O)O[C@H](COC(=O)CCCCCCCCC/C=C\CCCCCC)COP(=O)(O)OC[C@@H](O)CO. The number of carbonyl (C=O) groups excluding carboxylic acids is 2. The van der Waals surface area contributed by atoms with E-state index in [1.54, 1.807) is 12.2 Å². The quantitative estimate of drug-likeness (QED) is 0.0154. The van der Waals surface area contributed by atoms with Crippen LogP contribution in [0.3, 0.4) is 0 Å². The van der Waals surface area contributed by atoms with Gasteiger partial charge in [-0.3, -0.25) is 18.6 Å². The molecule has 0 rings (SSSR count). The second-order valence-electron chi connectivity index (χ2n) is 13.8. The molecule has 0 aliphatic rings. The Hall–Kier alpha value is -2.63. The van der Waals surface area contributed by atoms with Gasteiger partial charge in [0.2, 0.25) is 0 Å². The molecule has 0 amide bonds. The van der Waals surface area contributed by atoms with E-state index in [9.17, 15) is 29.3 Å². The number of rotatable bonds is 38. The minimum absolute atomic E-state index is 0.0505. The predicted molar refractivity (Wildman–Crippen MR) is 225 cm³/mol. The Labute approximate surface area is 338 Å². The van der Waals surface area contributed by atoms with E-state index in [0.717, 1.165) is 51.4 Å². The van der Waals surface area contributed by atoms with Crippen molar-refractivity contribution in [2.45, 2.75) is 167 Å². The molecule has 56 heavy (non-hydrogen) atoms. The Morgan fingerprint density at radius 2 is 1.18 bits per heavy atom. The van der Waals surface area contributed by atoms with Crippen LogP contribution in [0.25, 0.3) is 0 Å². The molecule has 322 valence electrons. The topological polar surface area (TPSA) is 169 Å². The number of unbranched alkanes of at least 4 members (excludes halogenated alkanes) is 11. The minimum atomic E-state index is -4.68. The van der Waals surface area contributed by atoms with Crippen LogP contribution in [0.2, 0.25) is 0 Å². The summed E-state index contributed by atoms with van der Waals surface area (Å²) in [5.41, 5.74) is 0. The van der Waals surface area contributed by atoms with Crippen LogP contribution in [0.5, 0.6) is 0 Å². The molecule has 0 radical (unpaired) electrons. The first kappa shape index (κ1) is 53.4. The molecule has 0 bridgehead atoms. The number of hydrogen-bond donors (Lipinski definition) is 4. The second kappa shape index (κ2) is 39.2. The lowest BCUT2D eigenvalue weighted by Gasteiger charge is -2.20. The van der Waals surface area contributed by atoms with Crippen LogP contribution in [0.4, 0.5) is 0 Å². The summed E-state index contributed by atoms with van der Waals surface area (Å²) >= 11 is 0. The lowest BCUT2D eigenvalue weighted by molar-refractivity contribution is -0.161. The summed E-state index contributed by atoms with van der Waals surface area (Å²) < 4.78 is 32.5. The summed E-state index contributed by atoms with van der Waals surface area (Å²) in [6, 6.07) is 0. The molecule has 0 aromatic carbocycles. The summed E-state index contributed by atoms with van der Waals surface area (Å²) in [6.07, 6.45) is 40.4. The summed E-state index contributed by atoms with van der Waals surface area (Å²) in [6.45, 7) is 2.00. The van der Waals surface area contributed by atoms with Crippen molar-refractivity contribution in [1.29, 1.82) is 0 Å². The van der Waals surface area contributed by atoms with Crippen molar-refractivity contribution in [1.82, 2.24) is 0 Å². The Morgan fingerprint density at radius 1 is 0.625 bits per heavy atom. The van der Waals surface area contributed by atoms with Crippen LogP contribution in [0, 0.1) is 0 Å². The van der Waals surface area contributed by atoms with Crippen molar-refractivity contribution >= 4 is 19.8 Å². The van der Waals surface area contributed by atoms with Crippen LogP contribution < -0.4 is 0 Å². The Morgan fingerprint density at radius 3 is 1.80 bits per heavy atom. The molecule has 0 fully saturated rings. The molecule has 0 spiro atoms. The molecule has 0 aliphatic carbocycles. The zero-order chi connectivity index (χ0) is 41.4. The van der Waals surface area contributed by atoms with Gasteiger partial charge in [-0.2, -0.15) is 0 Å². The zero-order valence-corrected chi connectivity index (χ0v) is 35.3. The number of aliphatic hydroxyl groups excluding tert-OH is 3. The fourth-order valence-corrected chi connectivity index (χ4v) is 5.98. The van der Waals surface area contributed by atoms with Crippen LogP contribution >= 0.6 is 7.82 Å². The lowest BCUT2D eigenvalue weighted by atomic mass is 10.1. The first-order valence-electron chi connectivity index (χ1n) is 21.0. The maximum Gasteiger partial charge on any atom is 0.472 e. The Balaban J connectivity index is 4.54. The molecule has 0 aromatic rings. The van der Waals surface area contributed by atoms with Gasteiger partial charge in [0, 0.05) is 12.8 Å². The number of phosphoric ester groups is 1. The molecule has 12 heteroatoms. The average molecular weight is 811 g/mol. The van der Waals surface area contributed by atoms with Crippen molar-refractivity contribution in [3.8, 4) is 0 Å². The van der Waals surface area contributed by atoms with Crippen LogP contribution in [0.1, 0.15) is 149 Å². The van der Waals surface area contributed by atoms with Crippen molar-refractivity contribution in [2.75, 3.05) is 26.4 Å². The number of allylic oxidation sites excluding steroid dienone is 11. The van der Waals surface area contributed by atoms with Crippen molar-refractivity contribution in [3.63, 3.8) is 0 Å². The predicted octanol–water partition coefficient (Wildman–Crippen LogP) is 9.86. The lowest BCUT2D eigenvalue weighted by Crippen LogP contribution is -2.30. The van der Waals surface area contributed by atoms with Gasteiger partial charge in [0.25, 0.3) is 0 Å². The van der Waals surface area contributed by atoms with Gasteiger partial charge in [-0.15, -0.1) is 0 Å². The van der Waals surface area contributed by atoms with Crippen LogP contribution in [-0.2, 0) is 32.7 Å². The first-order valence-corrected chi connectivity index (χ1v) is 22.5. The average Bonchev–Trinajstić information content (AvgIpc) is 3.18. The van der Waals surface area contributed by atoms with E-state index in [4.69, 9.17) is 19.1 Å². The third-order valence-corrected chi connectivity index (χ3v) is 9.40. The number of carbonyl (C=O) groups is 2. The third kappa shape index (κ3) is 38.3. The number of hydrogen-bond acceptors (Lipinski definition) is 10. The number of esters is 2. The fourth-order valence-electron chi connectivity index (χ4n) is 5.19. The summed E-state index contributed by atoms with van der Waals surface area (Å²) in [5.74, 6) is -1.14. The van der Waals surface area contributed by atoms with Gasteiger partial charge < -0.3 is 29.7 Å². The van der Waals surface area contributed by atoms with Gasteiger partial charge in [0.05, 0.1) is 25.9 Å². The molecule has 0 heterocycles. The Kier molecular flexibility index (Phi) is 37.4. The van der Waals surface area contributed by atoms with Gasteiger partial charge in [-0.05, 0) is 70.6 Å². The fraction of sp³-hybridized carbons (Fsp3) is 0.682. The summed E-state index contributed by atoms with van der Waals surface area (Å²) in [7, 11) is -4.68. The highest BCUT2D eigenvalue weighted by atomic mass is 31.2. The van der Waals surface area contributed by atoms with Crippen molar-refractivity contribution in [2.24, 2.45) is 0 Å². The maximum atomic E-state index is 12.6. The molecule has 2 unspecified atom stereocenters.